The van der Waals surface area contributed by atoms with Crippen LogP contribution in [0.5, 0.6) is 0 Å². The monoisotopic (exact) mass is 222 g/mol. The first-order valence-corrected chi connectivity index (χ1v) is 3.37. The van der Waals surface area contributed by atoms with E-state index >= 15 is 0 Å². The zero-order valence-electron chi connectivity index (χ0n) is 4.22. The first-order chi connectivity index (χ1) is 3.92. The van der Waals surface area contributed by atoms with Crippen molar-refractivity contribution in [3.05, 3.63) is 0 Å². The van der Waals surface area contributed by atoms with Gasteiger partial charge in [-0.1, -0.05) is 0 Å². The van der Waals surface area contributed by atoms with Crippen LogP contribution in [0.25, 0.3) is 0 Å². The molecule has 0 saturated carbocycles. The van der Waals surface area contributed by atoms with Gasteiger partial charge in [-0.15, -0.1) is 0 Å². The predicted molar refractivity (Wildman–Crippen MR) is 41.3 cm³/mol. The molecule has 0 amide bonds. The van der Waals surface area contributed by atoms with E-state index in [4.69, 9.17) is 14.9 Å². The van der Waals surface area contributed by atoms with Crippen molar-refractivity contribution < 1.29 is 28.8 Å². The van der Waals surface area contributed by atoms with Crippen LogP contribution in [0.3, 0.4) is 0 Å². The van der Waals surface area contributed by atoms with E-state index in [0.29, 0.717) is 0 Å². The fraction of sp³-hybridized carbons (Fsp3) is 0.500. The molecule has 0 saturated heterocycles. The molecule has 0 bridgehead atoms. The first kappa shape index (κ1) is 18.6. The Morgan fingerprint density at radius 2 is 1.82 bits per heavy atom. The van der Waals surface area contributed by atoms with Gasteiger partial charge in [0.05, 0.1) is 0 Å². The van der Waals surface area contributed by atoms with Gasteiger partial charge in [0.2, 0.25) is 0 Å². The van der Waals surface area contributed by atoms with Crippen molar-refractivity contribution in [2.24, 2.45) is 0 Å². The summed E-state index contributed by atoms with van der Waals surface area (Å²) >= 11 is 0. The molecule has 9 heteroatoms. The molecule has 0 aromatic heterocycles. The summed E-state index contributed by atoms with van der Waals surface area (Å²) in [6.45, 7) is -0.982. The molecule has 0 rings (SSSR count). The molecule has 0 aliphatic rings. The molecule has 0 radical (unpaired) electrons. The van der Waals surface area contributed by atoms with Gasteiger partial charge in [0.1, 0.15) is 0 Å². The Hall–Kier alpha value is 1.84. The van der Waals surface area contributed by atoms with Crippen LogP contribution in [0, 0.1) is 0 Å². The third kappa shape index (κ3) is 18.7. The van der Waals surface area contributed by atoms with E-state index in [9.17, 15) is 9.36 Å². The second kappa shape index (κ2) is 8.44. The Balaban J connectivity index is -0.000000320. The third-order valence-electron chi connectivity index (χ3n) is 0.356. The number of phosphoric ester groups is 1. The van der Waals surface area contributed by atoms with Crippen molar-refractivity contribution >= 4 is 81.1 Å². The Kier molecular flexibility index (Phi) is 14.3. The summed E-state index contributed by atoms with van der Waals surface area (Å²) < 4.78 is 13.3. The van der Waals surface area contributed by atoms with Crippen LogP contribution in [0.15, 0.2) is 0 Å². The Bertz CT molecular complexity index is 155. The van der Waals surface area contributed by atoms with Gasteiger partial charge < -0.3 is 14.9 Å². The van der Waals surface area contributed by atoms with E-state index < -0.39 is 20.4 Å². The number of hydrogen-bond acceptors (Lipinski definition) is 3. The Labute approximate surface area is 115 Å². The summed E-state index contributed by atoms with van der Waals surface area (Å²) in [6.07, 6.45) is 0. The minimum absolute atomic E-state index is 0. The van der Waals surface area contributed by atoms with E-state index in [2.05, 4.69) is 4.52 Å². The fourth-order valence-electron chi connectivity index (χ4n) is 0.139. The van der Waals surface area contributed by atoms with Crippen molar-refractivity contribution in [3.63, 3.8) is 0 Å². The molecule has 60 valence electrons. The van der Waals surface area contributed by atoms with Crippen LogP contribution in [-0.2, 0) is 13.9 Å². The second-order valence-corrected chi connectivity index (χ2v) is 2.40. The molecule has 0 atom stereocenters. The van der Waals surface area contributed by atoms with Gasteiger partial charge in [-0.25, -0.2) is 9.36 Å². The molecule has 0 aliphatic carbocycles. The number of rotatable bonds is 3. The fourth-order valence-corrected chi connectivity index (χ4v) is 0.418. The first-order valence-electron chi connectivity index (χ1n) is 1.84. The molecule has 0 aromatic rings. The van der Waals surface area contributed by atoms with Crippen molar-refractivity contribution in [1.29, 1.82) is 0 Å². The number of carboxylic acid groups (broad SMARTS) is 1. The van der Waals surface area contributed by atoms with Crippen LogP contribution >= 0.6 is 7.82 Å². The molecule has 0 spiro atoms. The second-order valence-electron chi connectivity index (χ2n) is 1.16. The average molecular weight is 222 g/mol. The Morgan fingerprint density at radius 3 is 1.91 bits per heavy atom. The zero-order chi connectivity index (χ0) is 7.49. The minimum atomic E-state index is -4.60. The maximum absolute atomic E-state index is 9.74. The van der Waals surface area contributed by atoms with Crippen LogP contribution in [-0.4, -0.2) is 94.8 Å². The van der Waals surface area contributed by atoms with Gasteiger partial charge in [-0.2, -0.15) is 0 Å². The predicted octanol–water partition coefficient (Wildman–Crippen LogP) is -2.38. The number of carbonyl (C=O) groups is 1. The van der Waals surface area contributed by atoms with Crippen LogP contribution in [0.2, 0.25) is 0 Å². The summed E-state index contributed by atoms with van der Waals surface area (Å²) in [6, 6.07) is 0. The van der Waals surface area contributed by atoms with E-state index in [1.54, 1.807) is 0 Å². The van der Waals surface area contributed by atoms with Crippen molar-refractivity contribution in [3.8, 4) is 0 Å². The summed E-state index contributed by atoms with van der Waals surface area (Å²) in [5, 5.41) is 7.81. The molecule has 0 heterocycles. The molecule has 0 unspecified atom stereocenters. The van der Waals surface area contributed by atoms with E-state index in [1.165, 1.54) is 0 Å². The van der Waals surface area contributed by atoms with Crippen molar-refractivity contribution in [2.45, 2.75) is 0 Å². The van der Waals surface area contributed by atoms with Gasteiger partial charge in [0.15, 0.2) is 6.61 Å². The third-order valence-corrected chi connectivity index (χ3v) is 0.822. The van der Waals surface area contributed by atoms with Gasteiger partial charge in [0.25, 0.3) is 0 Å². The normalized spacial score (nSPS) is 9.27. The van der Waals surface area contributed by atoms with Crippen LogP contribution in [0.1, 0.15) is 0 Å². The number of hydrogen-bond donors (Lipinski definition) is 3. The summed E-state index contributed by atoms with van der Waals surface area (Å²) in [5.74, 6) is -1.42. The molecule has 11 heavy (non-hydrogen) atoms. The SMILES string of the molecule is O=C(O)COP(=O)(O)O.[CaH2].[NaH]. The van der Waals surface area contributed by atoms with E-state index in [-0.39, 0.29) is 67.3 Å². The molecule has 0 aromatic carbocycles. The summed E-state index contributed by atoms with van der Waals surface area (Å²) in [5.41, 5.74) is 0. The quantitative estimate of drug-likeness (QED) is 0.363. The van der Waals surface area contributed by atoms with Crippen molar-refractivity contribution in [1.82, 2.24) is 0 Å². The van der Waals surface area contributed by atoms with Gasteiger partial charge in [0, 0.05) is 0 Å². The molecule has 3 N–H and O–H groups in total. The van der Waals surface area contributed by atoms with Gasteiger partial charge in [-0.3, -0.25) is 4.52 Å². The van der Waals surface area contributed by atoms with Crippen LogP contribution < -0.4 is 0 Å². The molecule has 6 nitrogen and oxygen atoms in total. The summed E-state index contributed by atoms with van der Waals surface area (Å²) in [7, 11) is -4.60. The molecule has 0 aliphatic heterocycles. The standard InChI is InChI=1S/C2H5O6P.Ca.Na.3H/c3-2(4)1-8-9(5,6)7;;;;;/h1H2,(H,3,4)(H2,5,6,7);;;;;. The Morgan fingerprint density at radius 1 is 1.45 bits per heavy atom. The van der Waals surface area contributed by atoms with Crippen molar-refractivity contribution in [2.75, 3.05) is 6.61 Å². The number of phosphoric acid groups is 1. The van der Waals surface area contributed by atoms with E-state index in [1.807, 2.05) is 0 Å². The maximum atomic E-state index is 9.74. The van der Waals surface area contributed by atoms with Gasteiger partial charge >= 0.3 is 81.1 Å². The average Bonchev–Trinajstić information content (AvgIpc) is 1.59. The number of carboxylic acids is 1. The molecule has 0 fully saturated rings. The topological polar surface area (TPSA) is 104 Å². The van der Waals surface area contributed by atoms with E-state index in [0.717, 1.165) is 0 Å². The molecular weight excluding hydrogens is 214 g/mol. The summed E-state index contributed by atoms with van der Waals surface area (Å²) in [4.78, 5) is 25.4. The van der Waals surface area contributed by atoms with Gasteiger partial charge in [-0.05, 0) is 0 Å². The number of aliphatic carboxylic acids is 1. The molecular formula is C2H8CaNaO6P. The zero-order valence-corrected chi connectivity index (χ0v) is 5.12. The van der Waals surface area contributed by atoms with Crippen LogP contribution in [0.4, 0.5) is 0 Å².